The highest BCUT2D eigenvalue weighted by atomic mass is 15.1. The molecule has 0 radical (unpaired) electrons. The zero-order chi connectivity index (χ0) is 13.5. The Morgan fingerprint density at radius 1 is 0.889 bits per heavy atom. The molecule has 0 amide bonds. The van der Waals surface area contributed by atoms with Crippen LogP contribution in [-0.4, -0.2) is 18.0 Å². The second-order valence-electron chi connectivity index (χ2n) is 6.10. The predicted molar refractivity (Wildman–Crippen MR) is 80.8 cm³/mol. The topological polar surface area (TPSA) is 3.24 Å². The van der Waals surface area contributed by atoms with Crippen LogP contribution in [0.15, 0.2) is 24.3 Å². The maximum Gasteiger partial charge on any atom is 0.0236 e. The minimum absolute atomic E-state index is 0.734. The molecule has 0 aliphatic carbocycles. The van der Waals surface area contributed by atoms with E-state index in [1.54, 1.807) is 0 Å². The molecule has 18 heavy (non-hydrogen) atoms. The summed E-state index contributed by atoms with van der Waals surface area (Å²) in [4.78, 5) is 2.60. The van der Waals surface area contributed by atoms with Gasteiger partial charge in [-0.2, -0.15) is 0 Å². The van der Waals surface area contributed by atoms with E-state index in [1.165, 1.54) is 24.2 Å². The lowest BCUT2D eigenvalue weighted by atomic mass is 10.0. The summed E-state index contributed by atoms with van der Waals surface area (Å²) < 4.78 is 0. The lowest BCUT2D eigenvalue weighted by Gasteiger charge is -2.27. The van der Waals surface area contributed by atoms with E-state index >= 15 is 0 Å². The van der Waals surface area contributed by atoms with Gasteiger partial charge in [0.25, 0.3) is 0 Å². The van der Waals surface area contributed by atoms with Gasteiger partial charge in [-0.1, -0.05) is 58.9 Å². The smallest absolute Gasteiger partial charge is 0.0236 e. The molecular formula is C17H29N. The molecule has 0 spiro atoms. The van der Waals surface area contributed by atoms with Gasteiger partial charge < -0.3 is 0 Å². The Balaban J connectivity index is 2.74. The van der Waals surface area contributed by atoms with Crippen LogP contribution < -0.4 is 0 Å². The van der Waals surface area contributed by atoms with Crippen LogP contribution in [0, 0.1) is 11.8 Å². The fourth-order valence-electron chi connectivity index (χ4n) is 2.53. The number of aryl methyl sites for hydroxylation is 1. The summed E-state index contributed by atoms with van der Waals surface area (Å²) in [6.07, 6.45) is 1.13. The van der Waals surface area contributed by atoms with Crippen molar-refractivity contribution in [2.24, 2.45) is 11.8 Å². The van der Waals surface area contributed by atoms with Gasteiger partial charge in [0.1, 0.15) is 0 Å². The highest BCUT2D eigenvalue weighted by molar-refractivity contribution is 5.26. The van der Waals surface area contributed by atoms with Crippen molar-refractivity contribution >= 4 is 0 Å². The fourth-order valence-corrected chi connectivity index (χ4v) is 2.53. The van der Waals surface area contributed by atoms with Crippen LogP contribution >= 0.6 is 0 Å². The Labute approximate surface area is 113 Å². The zero-order valence-electron chi connectivity index (χ0n) is 12.7. The molecule has 0 bridgehead atoms. The molecule has 0 fully saturated rings. The third-order valence-electron chi connectivity index (χ3n) is 3.14. The third-order valence-corrected chi connectivity index (χ3v) is 3.14. The summed E-state index contributed by atoms with van der Waals surface area (Å²) in [6.45, 7) is 14.9. The summed E-state index contributed by atoms with van der Waals surface area (Å²) >= 11 is 0. The molecule has 0 aliphatic rings. The van der Waals surface area contributed by atoms with Crippen LogP contribution in [0.5, 0.6) is 0 Å². The molecule has 0 aliphatic heterocycles. The molecule has 1 heteroatoms. The lowest BCUT2D eigenvalue weighted by Crippen LogP contribution is -2.31. The van der Waals surface area contributed by atoms with Gasteiger partial charge in [0.2, 0.25) is 0 Å². The van der Waals surface area contributed by atoms with E-state index in [2.05, 4.69) is 63.8 Å². The van der Waals surface area contributed by atoms with Gasteiger partial charge in [0.15, 0.2) is 0 Å². The Morgan fingerprint density at radius 2 is 1.39 bits per heavy atom. The Kier molecular flexibility index (Phi) is 6.42. The summed E-state index contributed by atoms with van der Waals surface area (Å²) in [5, 5.41) is 0. The number of hydrogen-bond donors (Lipinski definition) is 0. The number of rotatable bonds is 7. The SMILES string of the molecule is CCc1ccccc1CN(CC(C)C)CC(C)C. The van der Waals surface area contributed by atoms with Crippen LogP contribution in [0.4, 0.5) is 0 Å². The monoisotopic (exact) mass is 247 g/mol. The van der Waals surface area contributed by atoms with Crippen molar-refractivity contribution < 1.29 is 0 Å². The first-order chi connectivity index (χ1) is 8.52. The van der Waals surface area contributed by atoms with Crippen LogP contribution in [0.2, 0.25) is 0 Å². The van der Waals surface area contributed by atoms with Crippen LogP contribution in [-0.2, 0) is 13.0 Å². The van der Waals surface area contributed by atoms with Gasteiger partial charge in [-0.15, -0.1) is 0 Å². The average molecular weight is 247 g/mol. The van der Waals surface area contributed by atoms with Gasteiger partial charge in [-0.05, 0) is 29.4 Å². The van der Waals surface area contributed by atoms with Crippen LogP contribution in [0.25, 0.3) is 0 Å². The second kappa shape index (κ2) is 7.58. The quantitative estimate of drug-likeness (QED) is 0.692. The van der Waals surface area contributed by atoms with E-state index in [4.69, 9.17) is 0 Å². The summed E-state index contributed by atoms with van der Waals surface area (Å²) in [7, 11) is 0. The highest BCUT2D eigenvalue weighted by Crippen LogP contribution is 2.14. The second-order valence-corrected chi connectivity index (χ2v) is 6.10. The van der Waals surface area contributed by atoms with Crippen molar-refractivity contribution in [3.05, 3.63) is 35.4 Å². The van der Waals surface area contributed by atoms with Crippen molar-refractivity contribution in [3.63, 3.8) is 0 Å². The van der Waals surface area contributed by atoms with Crippen molar-refractivity contribution in [2.45, 2.75) is 47.6 Å². The molecule has 0 saturated carbocycles. The van der Waals surface area contributed by atoms with Gasteiger partial charge in [-0.3, -0.25) is 4.90 Å². The minimum Gasteiger partial charge on any atom is -0.299 e. The van der Waals surface area contributed by atoms with E-state index in [-0.39, 0.29) is 0 Å². The highest BCUT2D eigenvalue weighted by Gasteiger charge is 2.11. The van der Waals surface area contributed by atoms with Crippen LogP contribution in [0.1, 0.15) is 45.7 Å². The van der Waals surface area contributed by atoms with Gasteiger partial charge in [0.05, 0.1) is 0 Å². The van der Waals surface area contributed by atoms with E-state index < -0.39 is 0 Å². The maximum atomic E-state index is 2.60. The fraction of sp³-hybridized carbons (Fsp3) is 0.647. The van der Waals surface area contributed by atoms with Gasteiger partial charge in [0, 0.05) is 19.6 Å². The summed E-state index contributed by atoms with van der Waals surface area (Å²) in [6, 6.07) is 8.86. The molecule has 0 heterocycles. The number of nitrogens with zero attached hydrogens (tertiary/aromatic N) is 1. The van der Waals surface area contributed by atoms with E-state index in [0.29, 0.717) is 0 Å². The molecule has 102 valence electrons. The molecule has 1 nitrogen and oxygen atoms in total. The van der Waals surface area contributed by atoms with E-state index in [9.17, 15) is 0 Å². The van der Waals surface area contributed by atoms with Crippen molar-refractivity contribution in [1.82, 2.24) is 4.90 Å². The van der Waals surface area contributed by atoms with Crippen molar-refractivity contribution in [1.29, 1.82) is 0 Å². The van der Waals surface area contributed by atoms with E-state index in [0.717, 1.165) is 24.8 Å². The molecule has 0 saturated heterocycles. The molecule has 1 aromatic carbocycles. The number of hydrogen-bond acceptors (Lipinski definition) is 1. The Hall–Kier alpha value is -0.820. The van der Waals surface area contributed by atoms with Gasteiger partial charge in [-0.25, -0.2) is 0 Å². The normalized spacial score (nSPS) is 11.8. The largest absolute Gasteiger partial charge is 0.299 e. The predicted octanol–water partition coefficient (Wildman–Crippen LogP) is 4.36. The molecule has 1 aromatic rings. The van der Waals surface area contributed by atoms with Gasteiger partial charge >= 0.3 is 0 Å². The Bertz CT molecular complexity index is 331. The molecule has 0 aromatic heterocycles. The molecular weight excluding hydrogens is 218 g/mol. The van der Waals surface area contributed by atoms with E-state index in [1.807, 2.05) is 0 Å². The molecule has 0 N–H and O–H groups in total. The summed E-state index contributed by atoms with van der Waals surface area (Å²) in [5.74, 6) is 1.47. The summed E-state index contributed by atoms with van der Waals surface area (Å²) in [5.41, 5.74) is 3.00. The molecule has 1 rings (SSSR count). The molecule has 0 atom stereocenters. The minimum atomic E-state index is 0.734. The van der Waals surface area contributed by atoms with Crippen molar-refractivity contribution in [2.75, 3.05) is 13.1 Å². The van der Waals surface area contributed by atoms with Crippen molar-refractivity contribution in [3.8, 4) is 0 Å². The molecule has 0 unspecified atom stereocenters. The van der Waals surface area contributed by atoms with Crippen LogP contribution in [0.3, 0.4) is 0 Å². The average Bonchev–Trinajstić information content (AvgIpc) is 2.27. The Morgan fingerprint density at radius 3 is 1.83 bits per heavy atom. The zero-order valence-corrected chi connectivity index (χ0v) is 12.7. The first-order valence-electron chi connectivity index (χ1n) is 7.32. The number of benzene rings is 1. The standard InChI is InChI=1S/C17H29N/c1-6-16-9-7-8-10-17(16)13-18(11-14(2)3)12-15(4)5/h7-10,14-15H,6,11-13H2,1-5H3. The lowest BCUT2D eigenvalue weighted by molar-refractivity contribution is 0.211. The first kappa shape index (κ1) is 15.2. The maximum absolute atomic E-state index is 2.60. The first-order valence-corrected chi connectivity index (χ1v) is 7.32. The third kappa shape index (κ3) is 5.22.